The van der Waals surface area contributed by atoms with E-state index in [0.29, 0.717) is 6.54 Å². The Bertz CT molecular complexity index is 1030. The van der Waals surface area contributed by atoms with Crippen LogP contribution in [-0.2, 0) is 10.3 Å². The van der Waals surface area contributed by atoms with Crippen LogP contribution in [-0.4, -0.2) is 52.6 Å². The zero-order chi connectivity index (χ0) is 23.2. The Kier molecular flexibility index (Phi) is 5.63. The summed E-state index contributed by atoms with van der Waals surface area (Å²) < 4.78 is 14.5. The quantitative estimate of drug-likeness (QED) is 0.674. The maximum atomic E-state index is 12.6. The van der Waals surface area contributed by atoms with Gasteiger partial charge in [-0.1, -0.05) is 6.07 Å². The topological polar surface area (TPSA) is 68.6 Å². The number of carbonyl (C=O) groups excluding carboxylic acids is 1. The number of hydrogen-bond acceptors (Lipinski definition) is 5. The molecule has 1 aromatic carbocycles. The lowest BCUT2D eigenvalue weighted by Crippen LogP contribution is -2.45. The van der Waals surface area contributed by atoms with E-state index in [9.17, 15) is 4.79 Å². The Labute approximate surface area is 196 Å². The molecule has 7 nitrogen and oxygen atoms in total. The molecule has 1 atom stereocenters. The van der Waals surface area contributed by atoms with Crippen molar-refractivity contribution in [3.05, 3.63) is 35.5 Å². The number of hydrogen-bond donors (Lipinski definition) is 1. The van der Waals surface area contributed by atoms with Crippen LogP contribution in [0.15, 0.2) is 24.4 Å². The van der Waals surface area contributed by atoms with Crippen molar-refractivity contribution >= 4 is 6.09 Å². The number of nitrogens with zero attached hydrogens (tertiary/aromatic N) is 3. The van der Waals surface area contributed by atoms with E-state index in [1.807, 2.05) is 25.7 Å². The van der Waals surface area contributed by atoms with Crippen LogP contribution in [0.5, 0.6) is 5.75 Å². The summed E-state index contributed by atoms with van der Waals surface area (Å²) in [7, 11) is 0. The predicted octanol–water partition coefficient (Wildman–Crippen LogP) is 4.79. The largest absolute Gasteiger partial charge is 0.482 e. The Morgan fingerprint density at radius 3 is 2.76 bits per heavy atom. The molecule has 4 heterocycles. The lowest BCUT2D eigenvalue weighted by atomic mass is 9.81. The second-order valence-electron chi connectivity index (χ2n) is 10.8. The molecule has 3 aliphatic heterocycles. The number of ether oxygens (including phenoxy) is 2. The molecule has 2 saturated heterocycles. The molecule has 1 amide bonds. The van der Waals surface area contributed by atoms with E-state index in [0.717, 1.165) is 68.7 Å². The van der Waals surface area contributed by atoms with E-state index in [-0.39, 0.29) is 17.7 Å². The highest BCUT2D eigenvalue weighted by atomic mass is 16.6. The molecule has 1 spiro atoms. The number of amides is 1. The predicted molar refractivity (Wildman–Crippen MR) is 128 cm³/mol. The lowest BCUT2D eigenvalue weighted by molar-refractivity contribution is 0.0255. The molecule has 2 fully saturated rings. The standard InChI is InChI=1S/C26H36N4O3/c1-18-7-8-20-22(16-18)32-26(10-12-27-13-11-26)21-17-30(28-23(20)21)19-6-5-14-29(15-9-19)24(31)33-25(2,3)4/h7-8,16-17,19,27H,5-6,9-15H2,1-4H3. The molecule has 0 aliphatic carbocycles. The highest BCUT2D eigenvalue weighted by Crippen LogP contribution is 2.49. The first kappa shape index (κ1) is 22.3. The first-order chi connectivity index (χ1) is 15.7. The van der Waals surface area contributed by atoms with Gasteiger partial charge in [-0.05, 0) is 77.7 Å². The smallest absolute Gasteiger partial charge is 0.410 e. The van der Waals surface area contributed by atoms with Crippen LogP contribution in [0.25, 0.3) is 11.3 Å². The Hall–Kier alpha value is -2.54. The summed E-state index contributed by atoms with van der Waals surface area (Å²) in [5.74, 6) is 0.951. The highest BCUT2D eigenvalue weighted by Gasteiger charge is 2.44. The molecule has 0 bridgehead atoms. The number of piperidine rings is 1. The Balaban J connectivity index is 1.43. The number of carbonyl (C=O) groups is 1. The molecule has 3 aliphatic rings. The van der Waals surface area contributed by atoms with Crippen molar-refractivity contribution in [3.8, 4) is 17.0 Å². The van der Waals surface area contributed by atoms with E-state index in [1.165, 1.54) is 11.1 Å². The molecule has 7 heteroatoms. The maximum Gasteiger partial charge on any atom is 0.410 e. The van der Waals surface area contributed by atoms with Gasteiger partial charge in [-0.2, -0.15) is 5.10 Å². The molecule has 0 radical (unpaired) electrons. The molecule has 0 saturated carbocycles. The average Bonchev–Trinajstić information content (AvgIpc) is 3.05. The summed E-state index contributed by atoms with van der Waals surface area (Å²) in [6.07, 6.45) is 6.71. The fraction of sp³-hybridized carbons (Fsp3) is 0.615. The Morgan fingerprint density at radius 2 is 2.00 bits per heavy atom. The molecule has 1 aromatic heterocycles. The number of fused-ring (bicyclic) bond motifs is 4. The van der Waals surface area contributed by atoms with Gasteiger partial charge >= 0.3 is 6.09 Å². The van der Waals surface area contributed by atoms with Crippen LogP contribution in [0.4, 0.5) is 4.79 Å². The van der Waals surface area contributed by atoms with Gasteiger partial charge in [0.05, 0.1) is 6.04 Å². The van der Waals surface area contributed by atoms with Gasteiger partial charge in [0.15, 0.2) is 0 Å². The van der Waals surface area contributed by atoms with Crippen LogP contribution < -0.4 is 10.1 Å². The van der Waals surface area contributed by atoms with E-state index < -0.39 is 5.60 Å². The average molecular weight is 453 g/mol. The van der Waals surface area contributed by atoms with Crippen molar-refractivity contribution in [2.75, 3.05) is 26.2 Å². The van der Waals surface area contributed by atoms with Gasteiger partial charge < -0.3 is 19.7 Å². The zero-order valence-electron chi connectivity index (χ0n) is 20.3. The third kappa shape index (κ3) is 4.35. The number of benzene rings is 1. The van der Waals surface area contributed by atoms with Crippen molar-refractivity contribution in [1.29, 1.82) is 0 Å². The number of nitrogens with one attached hydrogen (secondary N) is 1. The van der Waals surface area contributed by atoms with Gasteiger partial charge in [-0.3, -0.25) is 4.68 Å². The summed E-state index contributed by atoms with van der Waals surface area (Å²) in [5.41, 5.74) is 3.78. The van der Waals surface area contributed by atoms with Crippen LogP contribution in [0, 0.1) is 6.92 Å². The van der Waals surface area contributed by atoms with Crippen LogP contribution in [0.2, 0.25) is 0 Å². The third-order valence-electron chi connectivity index (χ3n) is 7.06. The number of aryl methyl sites for hydroxylation is 1. The molecular formula is C26H36N4O3. The summed E-state index contributed by atoms with van der Waals surface area (Å²) in [6.45, 7) is 11.2. The summed E-state index contributed by atoms with van der Waals surface area (Å²) in [4.78, 5) is 14.4. The maximum absolute atomic E-state index is 12.6. The van der Waals surface area contributed by atoms with Crippen molar-refractivity contribution in [3.63, 3.8) is 0 Å². The molecule has 1 unspecified atom stereocenters. The second kappa shape index (κ2) is 8.35. The molecular weight excluding hydrogens is 416 g/mol. The molecule has 2 aromatic rings. The fourth-order valence-electron chi connectivity index (χ4n) is 5.34. The normalized spacial score (nSPS) is 22.2. The monoisotopic (exact) mass is 452 g/mol. The van der Waals surface area contributed by atoms with Crippen molar-refractivity contribution in [1.82, 2.24) is 20.0 Å². The summed E-state index contributed by atoms with van der Waals surface area (Å²) in [5, 5.41) is 8.62. The molecule has 5 rings (SSSR count). The van der Waals surface area contributed by atoms with Crippen molar-refractivity contribution in [2.45, 2.75) is 77.0 Å². The first-order valence-corrected chi connectivity index (χ1v) is 12.3. The minimum absolute atomic E-state index is 0.214. The van der Waals surface area contributed by atoms with Crippen molar-refractivity contribution in [2.24, 2.45) is 0 Å². The Morgan fingerprint density at radius 1 is 1.21 bits per heavy atom. The number of rotatable bonds is 1. The molecule has 1 N–H and O–H groups in total. The third-order valence-corrected chi connectivity index (χ3v) is 7.06. The summed E-state index contributed by atoms with van der Waals surface area (Å²) in [6, 6.07) is 6.68. The van der Waals surface area contributed by atoms with Crippen LogP contribution in [0.1, 0.15) is 70.0 Å². The number of likely N-dealkylation sites (tertiary alicyclic amines) is 1. The van der Waals surface area contributed by atoms with Gasteiger partial charge in [0, 0.05) is 43.3 Å². The van der Waals surface area contributed by atoms with Gasteiger partial charge in [0.25, 0.3) is 0 Å². The van der Waals surface area contributed by atoms with Crippen LogP contribution >= 0.6 is 0 Å². The van der Waals surface area contributed by atoms with Crippen LogP contribution in [0.3, 0.4) is 0 Å². The van der Waals surface area contributed by atoms with E-state index in [4.69, 9.17) is 14.6 Å². The van der Waals surface area contributed by atoms with Crippen molar-refractivity contribution < 1.29 is 14.3 Å². The van der Waals surface area contributed by atoms with Gasteiger partial charge in [-0.15, -0.1) is 0 Å². The lowest BCUT2D eigenvalue weighted by Gasteiger charge is -2.41. The summed E-state index contributed by atoms with van der Waals surface area (Å²) >= 11 is 0. The second-order valence-corrected chi connectivity index (χ2v) is 10.8. The van der Waals surface area contributed by atoms with Gasteiger partial charge in [0.1, 0.15) is 22.6 Å². The fourth-order valence-corrected chi connectivity index (χ4v) is 5.34. The first-order valence-electron chi connectivity index (χ1n) is 12.3. The number of aromatic nitrogens is 2. The van der Waals surface area contributed by atoms with Gasteiger partial charge in [0.2, 0.25) is 0 Å². The molecule has 178 valence electrons. The molecule has 33 heavy (non-hydrogen) atoms. The van der Waals surface area contributed by atoms with E-state index in [1.54, 1.807) is 0 Å². The zero-order valence-corrected chi connectivity index (χ0v) is 20.3. The SMILES string of the molecule is Cc1ccc2c(c1)OC1(CCNCC1)c1cn(C3CCCN(C(=O)OC(C)(C)C)CC3)nc1-2. The van der Waals surface area contributed by atoms with Gasteiger partial charge in [-0.25, -0.2) is 4.79 Å². The highest BCUT2D eigenvalue weighted by molar-refractivity contribution is 5.74. The van der Waals surface area contributed by atoms with E-state index in [2.05, 4.69) is 41.3 Å². The minimum Gasteiger partial charge on any atom is -0.482 e. The minimum atomic E-state index is -0.473. The van der Waals surface area contributed by atoms with E-state index >= 15 is 0 Å².